The van der Waals surface area contributed by atoms with Crippen molar-refractivity contribution in [2.75, 3.05) is 13.2 Å². The second-order valence-electron chi connectivity index (χ2n) is 10.6. The predicted octanol–water partition coefficient (Wildman–Crippen LogP) is 4.02. The van der Waals surface area contributed by atoms with E-state index in [1.54, 1.807) is 11.5 Å². The summed E-state index contributed by atoms with van der Waals surface area (Å²) in [5, 5.41) is 11.9. The fraction of sp³-hybridized carbons (Fsp3) is 0.792. The number of carbonyl (C=O) groups excluding carboxylic acids is 2. The SMILES string of the molecule is CCCCc1cn(C(C)(C)C)sc1=NC(=O)C1(C)CCC(C(=O)NCCCO)C1(C)C. The molecule has 31 heavy (non-hydrogen) atoms. The number of unbranched alkanes of at least 4 members (excludes halogenated alkanes) is 1. The Morgan fingerprint density at radius 1 is 1.29 bits per heavy atom. The summed E-state index contributed by atoms with van der Waals surface area (Å²) in [7, 11) is 0. The number of carbonyl (C=O) groups is 2. The van der Waals surface area contributed by atoms with Crippen LogP contribution >= 0.6 is 11.5 Å². The van der Waals surface area contributed by atoms with E-state index in [4.69, 9.17) is 5.11 Å². The van der Waals surface area contributed by atoms with E-state index in [0.717, 1.165) is 29.5 Å². The Bertz CT molecular complexity index is 847. The monoisotopic (exact) mass is 451 g/mol. The molecule has 0 radical (unpaired) electrons. The maximum atomic E-state index is 13.5. The van der Waals surface area contributed by atoms with Crippen LogP contribution < -0.4 is 9.99 Å². The van der Waals surface area contributed by atoms with Gasteiger partial charge < -0.3 is 10.4 Å². The van der Waals surface area contributed by atoms with E-state index in [0.29, 0.717) is 25.8 Å². The molecule has 2 N–H and O–H groups in total. The van der Waals surface area contributed by atoms with E-state index in [9.17, 15) is 9.59 Å². The van der Waals surface area contributed by atoms with Crippen LogP contribution in [-0.4, -0.2) is 34.0 Å². The van der Waals surface area contributed by atoms with Crippen molar-refractivity contribution in [3.63, 3.8) is 0 Å². The number of hydrogen-bond acceptors (Lipinski definition) is 4. The third-order valence-corrected chi connectivity index (χ3v) is 8.42. The molecular weight excluding hydrogens is 410 g/mol. The van der Waals surface area contributed by atoms with Crippen molar-refractivity contribution < 1.29 is 14.7 Å². The summed E-state index contributed by atoms with van der Waals surface area (Å²) in [6.45, 7) is 15.1. The van der Waals surface area contributed by atoms with Crippen LogP contribution in [-0.2, 0) is 21.5 Å². The van der Waals surface area contributed by atoms with E-state index in [2.05, 4.69) is 48.2 Å². The van der Waals surface area contributed by atoms with Gasteiger partial charge in [-0.2, -0.15) is 0 Å². The molecule has 1 fully saturated rings. The molecule has 2 unspecified atom stereocenters. The van der Waals surface area contributed by atoms with Crippen LogP contribution in [0.5, 0.6) is 0 Å². The van der Waals surface area contributed by atoms with Gasteiger partial charge in [0.2, 0.25) is 5.91 Å². The summed E-state index contributed by atoms with van der Waals surface area (Å²) in [6, 6.07) is 0. The van der Waals surface area contributed by atoms with Gasteiger partial charge in [0.1, 0.15) is 4.67 Å². The van der Waals surface area contributed by atoms with Gasteiger partial charge in [-0.05, 0) is 69.8 Å². The zero-order chi connectivity index (χ0) is 23.4. The Balaban J connectivity index is 2.34. The van der Waals surface area contributed by atoms with Crippen LogP contribution in [0.15, 0.2) is 11.2 Å². The average Bonchev–Trinajstić information content (AvgIpc) is 3.19. The summed E-state index contributed by atoms with van der Waals surface area (Å²) in [6.07, 6.45) is 7.08. The molecule has 1 aliphatic carbocycles. The zero-order valence-corrected chi connectivity index (χ0v) is 21.2. The Morgan fingerprint density at radius 3 is 2.55 bits per heavy atom. The second-order valence-corrected chi connectivity index (χ2v) is 11.5. The van der Waals surface area contributed by atoms with Crippen molar-refractivity contribution in [1.82, 2.24) is 9.27 Å². The van der Waals surface area contributed by atoms with E-state index < -0.39 is 10.8 Å². The molecule has 1 heterocycles. The zero-order valence-electron chi connectivity index (χ0n) is 20.4. The molecule has 2 atom stereocenters. The largest absolute Gasteiger partial charge is 0.396 e. The quantitative estimate of drug-likeness (QED) is 0.586. The molecule has 0 aromatic carbocycles. The predicted molar refractivity (Wildman–Crippen MR) is 126 cm³/mol. The van der Waals surface area contributed by atoms with Gasteiger partial charge in [-0.3, -0.25) is 13.5 Å². The molecular formula is C24H41N3O3S. The van der Waals surface area contributed by atoms with E-state index in [1.807, 2.05) is 20.8 Å². The van der Waals surface area contributed by atoms with Gasteiger partial charge in [-0.15, -0.1) is 0 Å². The maximum absolute atomic E-state index is 13.5. The first-order valence-corrected chi connectivity index (χ1v) is 12.4. The smallest absolute Gasteiger partial charge is 0.253 e. The van der Waals surface area contributed by atoms with Crippen LogP contribution in [0.1, 0.15) is 86.1 Å². The van der Waals surface area contributed by atoms with Gasteiger partial charge in [0.25, 0.3) is 5.91 Å². The molecule has 1 aromatic heterocycles. The Labute approximate surface area is 191 Å². The van der Waals surface area contributed by atoms with Crippen LogP contribution in [0, 0.1) is 16.7 Å². The summed E-state index contributed by atoms with van der Waals surface area (Å²) in [4.78, 5) is 30.9. The number of hydrogen-bond donors (Lipinski definition) is 2. The lowest BCUT2D eigenvalue weighted by molar-refractivity contribution is -0.136. The lowest BCUT2D eigenvalue weighted by atomic mass is 9.65. The van der Waals surface area contributed by atoms with Crippen LogP contribution in [0.25, 0.3) is 0 Å². The minimum absolute atomic E-state index is 0.0275. The van der Waals surface area contributed by atoms with Gasteiger partial charge >= 0.3 is 0 Å². The molecule has 2 amide bonds. The number of aliphatic hydroxyl groups is 1. The molecule has 0 bridgehead atoms. The molecule has 1 aliphatic rings. The lowest BCUT2D eigenvalue weighted by Gasteiger charge is -2.38. The van der Waals surface area contributed by atoms with Crippen molar-refractivity contribution in [3.8, 4) is 0 Å². The van der Waals surface area contributed by atoms with Gasteiger partial charge in [0.15, 0.2) is 0 Å². The molecule has 1 saturated carbocycles. The minimum Gasteiger partial charge on any atom is -0.396 e. The normalized spacial score (nSPS) is 23.9. The number of aliphatic hydroxyl groups excluding tert-OH is 1. The summed E-state index contributed by atoms with van der Waals surface area (Å²) in [5.74, 6) is -0.387. The minimum atomic E-state index is -0.690. The molecule has 2 rings (SSSR count). The molecule has 0 spiro atoms. The van der Waals surface area contributed by atoms with Gasteiger partial charge in [0, 0.05) is 36.4 Å². The Hall–Kier alpha value is -1.47. The number of nitrogens with zero attached hydrogens (tertiary/aromatic N) is 2. The number of amides is 2. The Kier molecular flexibility index (Phi) is 8.31. The molecule has 6 nitrogen and oxygen atoms in total. The maximum Gasteiger partial charge on any atom is 0.253 e. The summed E-state index contributed by atoms with van der Waals surface area (Å²) < 4.78 is 2.99. The number of aromatic nitrogens is 1. The lowest BCUT2D eigenvalue weighted by Crippen LogP contribution is -2.45. The highest BCUT2D eigenvalue weighted by Crippen LogP contribution is 2.56. The van der Waals surface area contributed by atoms with Crippen molar-refractivity contribution in [1.29, 1.82) is 0 Å². The van der Waals surface area contributed by atoms with E-state index >= 15 is 0 Å². The molecule has 1 aromatic rings. The molecule has 0 saturated heterocycles. The highest BCUT2D eigenvalue weighted by atomic mass is 32.1. The molecule has 7 heteroatoms. The van der Waals surface area contributed by atoms with Crippen LogP contribution in [0.3, 0.4) is 0 Å². The first-order chi connectivity index (χ1) is 14.4. The van der Waals surface area contributed by atoms with Crippen molar-refractivity contribution >= 4 is 23.3 Å². The van der Waals surface area contributed by atoms with Crippen LogP contribution in [0.2, 0.25) is 0 Å². The van der Waals surface area contributed by atoms with Crippen molar-refractivity contribution in [2.45, 2.75) is 92.5 Å². The standard InChI is InChI=1S/C24H41N3O3S/c1-8-9-11-17-16-27(22(2,3)4)31-20(17)26-21(30)24(7)13-12-18(23(24,5)6)19(29)25-14-10-15-28/h16,18,28H,8-15H2,1-7H3,(H,25,29). The molecule has 0 aliphatic heterocycles. The summed E-state index contributed by atoms with van der Waals surface area (Å²) in [5.41, 5.74) is -0.119. The fourth-order valence-electron chi connectivity index (χ4n) is 4.31. The number of nitrogens with one attached hydrogen (secondary N) is 1. The highest BCUT2D eigenvalue weighted by molar-refractivity contribution is 7.04. The number of aryl methyl sites for hydroxylation is 1. The first kappa shape index (κ1) is 25.8. The van der Waals surface area contributed by atoms with Crippen molar-refractivity contribution in [3.05, 3.63) is 16.4 Å². The topological polar surface area (TPSA) is 83.7 Å². The first-order valence-electron chi connectivity index (χ1n) is 11.6. The average molecular weight is 452 g/mol. The van der Waals surface area contributed by atoms with Gasteiger partial charge in [-0.25, -0.2) is 4.99 Å². The number of rotatable bonds is 8. The van der Waals surface area contributed by atoms with Gasteiger partial charge in [-0.1, -0.05) is 34.1 Å². The highest BCUT2D eigenvalue weighted by Gasteiger charge is 2.58. The Morgan fingerprint density at radius 2 is 1.97 bits per heavy atom. The van der Waals surface area contributed by atoms with Crippen LogP contribution in [0.4, 0.5) is 0 Å². The molecule has 176 valence electrons. The third-order valence-electron chi connectivity index (χ3n) is 7.05. The second kappa shape index (κ2) is 9.99. The fourth-order valence-corrected chi connectivity index (χ4v) is 5.34. The van der Waals surface area contributed by atoms with Gasteiger partial charge in [0.05, 0.1) is 5.41 Å². The van der Waals surface area contributed by atoms with E-state index in [1.165, 1.54) is 0 Å². The van der Waals surface area contributed by atoms with Crippen molar-refractivity contribution in [2.24, 2.45) is 21.7 Å². The third kappa shape index (κ3) is 5.48. The van der Waals surface area contributed by atoms with E-state index in [-0.39, 0.29) is 29.9 Å². The summed E-state index contributed by atoms with van der Waals surface area (Å²) >= 11 is 1.55.